The summed E-state index contributed by atoms with van der Waals surface area (Å²) in [5.41, 5.74) is 4.37. The van der Waals surface area contributed by atoms with Gasteiger partial charge >= 0.3 is 0 Å². The first kappa shape index (κ1) is 21.9. The molecule has 0 radical (unpaired) electrons. The molecule has 2 N–H and O–H groups in total. The summed E-state index contributed by atoms with van der Waals surface area (Å²) in [5.74, 6) is 1.25. The largest absolute Gasteiger partial charge is 0.496 e. The van der Waals surface area contributed by atoms with E-state index in [1.807, 2.05) is 31.2 Å². The van der Waals surface area contributed by atoms with Gasteiger partial charge in [0.15, 0.2) is 0 Å². The zero-order chi connectivity index (χ0) is 23.2. The van der Waals surface area contributed by atoms with Crippen LogP contribution in [0.2, 0.25) is 5.02 Å². The molecule has 5 nitrogen and oxygen atoms in total. The number of allylic oxidation sites excluding steroid dienone is 2. The van der Waals surface area contributed by atoms with E-state index < -0.39 is 10.0 Å². The summed E-state index contributed by atoms with van der Waals surface area (Å²) >= 11 is 6.17. The summed E-state index contributed by atoms with van der Waals surface area (Å²) in [7, 11) is -2.08. The molecule has 3 aromatic rings. The first-order valence-electron chi connectivity index (χ1n) is 10.9. The van der Waals surface area contributed by atoms with E-state index >= 15 is 0 Å². The molecule has 5 rings (SSSR count). The standard InChI is InChI=1S/C26H25ClN2O3S/c1-16-10-11-17(14-23(16)27)29-33(30,31)18-12-13-24-22(15-18)19-7-5-8-20(19)26(28-24)21-6-3-4-9-25(21)32-2/h3-7,9-15,19-20,26,28-29H,8H2,1-2H3/t19-,20+,26-/m0/s1. The van der Waals surface area contributed by atoms with Crippen molar-refractivity contribution in [3.05, 3.63) is 94.5 Å². The average molecular weight is 481 g/mol. The zero-order valence-corrected chi connectivity index (χ0v) is 20.0. The molecule has 0 fully saturated rings. The smallest absolute Gasteiger partial charge is 0.261 e. The maximum Gasteiger partial charge on any atom is 0.261 e. The van der Waals surface area contributed by atoms with E-state index in [4.69, 9.17) is 16.3 Å². The maximum atomic E-state index is 13.1. The SMILES string of the molecule is COc1ccccc1[C@H]1Nc2ccc(S(=O)(=O)Nc3ccc(C)c(Cl)c3)cc2[C@H]2C=CC[C@H]21. The van der Waals surface area contributed by atoms with Crippen LogP contribution in [0.15, 0.2) is 77.7 Å². The van der Waals surface area contributed by atoms with Gasteiger partial charge in [-0.2, -0.15) is 0 Å². The van der Waals surface area contributed by atoms with Gasteiger partial charge in [-0.3, -0.25) is 4.72 Å². The Labute approximate surface area is 199 Å². The summed E-state index contributed by atoms with van der Waals surface area (Å²) in [6.45, 7) is 1.88. The first-order chi connectivity index (χ1) is 15.9. The van der Waals surface area contributed by atoms with Gasteiger partial charge in [0.2, 0.25) is 0 Å². The van der Waals surface area contributed by atoms with Gasteiger partial charge in [-0.1, -0.05) is 48.0 Å². The van der Waals surface area contributed by atoms with E-state index in [1.165, 1.54) is 0 Å². The number of benzene rings is 3. The second kappa shape index (κ2) is 8.43. The van der Waals surface area contributed by atoms with Gasteiger partial charge in [0.1, 0.15) is 5.75 Å². The van der Waals surface area contributed by atoms with Gasteiger partial charge in [-0.15, -0.1) is 0 Å². The van der Waals surface area contributed by atoms with Crippen molar-refractivity contribution in [1.29, 1.82) is 0 Å². The van der Waals surface area contributed by atoms with Crippen LogP contribution in [-0.4, -0.2) is 15.5 Å². The molecule has 1 aliphatic carbocycles. The molecule has 7 heteroatoms. The van der Waals surface area contributed by atoms with Crippen molar-refractivity contribution in [1.82, 2.24) is 0 Å². The summed E-state index contributed by atoms with van der Waals surface area (Å²) < 4.78 is 34.5. The van der Waals surface area contributed by atoms with Crippen LogP contribution >= 0.6 is 11.6 Å². The van der Waals surface area contributed by atoms with Gasteiger partial charge in [0.05, 0.1) is 23.7 Å². The quantitative estimate of drug-likeness (QED) is 0.421. The minimum absolute atomic E-state index is 0.0731. The molecule has 0 bridgehead atoms. The first-order valence-corrected chi connectivity index (χ1v) is 12.7. The van der Waals surface area contributed by atoms with Crippen molar-refractivity contribution in [2.24, 2.45) is 5.92 Å². The number of anilines is 2. The third kappa shape index (κ3) is 3.98. The van der Waals surface area contributed by atoms with Crippen LogP contribution in [0, 0.1) is 12.8 Å². The number of rotatable bonds is 5. The summed E-state index contributed by atoms with van der Waals surface area (Å²) in [6, 6.07) is 18.5. The summed E-state index contributed by atoms with van der Waals surface area (Å²) in [5, 5.41) is 4.17. The normalized spacial score (nSPS) is 21.1. The van der Waals surface area contributed by atoms with E-state index in [9.17, 15) is 8.42 Å². The third-order valence-electron chi connectivity index (χ3n) is 6.54. The average Bonchev–Trinajstić information content (AvgIpc) is 3.31. The number of hydrogen-bond acceptors (Lipinski definition) is 4. The van der Waals surface area contributed by atoms with Crippen LogP contribution in [0.25, 0.3) is 0 Å². The fourth-order valence-electron chi connectivity index (χ4n) is 4.84. The van der Waals surface area contributed by atoms with E-state index in [2.05, 4.69) is 28.3 Å². The van der Waals surface area contributed by atoms with E-state index in [0.717, 1.165) is 34.5 Å². The predicted molar refractivity (Wildman–Crippen MR) is 133 cm³/mol. The molecule has 170 valence electrons. The Bertz CT molecular complexity index is 1350. The van der Waals surface area contributed by atoms with Crippen molar-refractivity contribution in [2.45, 2.75) is 30.2 Å². The highest BCUT2D eigenvalue weighted by molar-refractivity contribution is 7.92. The Morgan fingerprint density at radius 2 is 1.88 bits per heavy atom. The van der Waals surface area contributed by atoms with Crippen LogP contribution in [-0.2, 0) is 10.0 Å². The summed E-state index contributed by atoms with van der Waals surface area (Å²) in [6.07, 6.45) is 5.29. The minimum atomic E-state index is -3.76. The Hall–Kier alpha value is -2.96. The Morgan fingerprint density at radius 3 is 2.67 bits per heavy atom. The second-order valence-electron chi connectivity index (χ2n) is 8.54. The van der Waals surface area contributed by atoms with Crippen LogP contribution in [0.4, 0.5) is 11.4 Å². The molecule has 3 aromatic carbocycles. The number of halogens is 1. The molecule has 0 unspecified atom stereocenters. The van der Waals surface area contributed by atoms with Crippen molar-refractivity contribution < 1.29 is 13.2 Å². The molecule has 1 heterocycles. The Kier molecular flexibility index (Phi) is 5.59. The van der Waals surface area contributed by atoms with Crippen LogP contribution in [0.1, 0.15) is 35.1 Å². The number of nitrogens with one attached hydrogen (secondary N) is 2. The Morgan fingerprint density at radius 1 is 1.06 bits per heavy atom. The fraction of sp³-hybridized carbons (Fsp3) is 0.231. The lowest BCUT2D eigenvalue weighted by Gasteiger charge is -2.38. The Balaban J connectivity index is 1.49. The van der Waals surface area contributed by atoms with Gasteiger partial charge < -0.3 is 10.1 Å². The number of methoxy groups -OCH3 is 1. The molecular weight excluding hydrogens is 456 g/mol. The fourth-order valence-corrected chi connectivity index (χ4v) is 6.11. The monoisotopic (exact) mass is 480 g/mol. The van der Waals surface area contributed by atoms with Gasteiger partial charge in [-0.05, 0) is 66.8 Å². The minimum Gasteiger partial charge on any atom is -0.496 e. The van der Waals surface area contributed by atoms with Crippen LogP contribution < -0.4 is 14.8 Å². The molecule has 0 aromatic heterocycles. The van der Waals surface area contributed by atoms with Crippen LogP contribution in [0.5, 0.6) is 5.75 Å². The molecule has 2 aliphatic rings. The number of fused-ring (bicyclic) bond motifs is 3. The van der Waals surface area contributed by atoms with Crippen molar-refractivity contribution in [2.75, 3.05) is 17.1 Å². The molecular formula is C26H25ClN2O3S. The molecule has 0 saturated heterocycles. The zero-order valence-electron chi connectivity index (χ0n) is 18.4. The molecule has 33 heavy (non-hydrogen) atoms. The number of ether oxygens (including phenoxy) is 1. The highest BCUT2D eigenvalue weighted by Crippen LogP contribution is 2.51. The topological polar surface area (TPSA) is 67.4 Å². The number of aryl methyl sites for hydroxylation is 1. The van der Waals surface area contributed by atoms with Crippen molar-refractivity contribution in [3.63, 3.8) is 0 Å². The van der Waals surface area contributed by atoms with E-state index in [-0.39, 0.29) is 22.8 Å². The van der Waals surface area contributed by atoms with E-state index in [0.29, 0.717) is 10.7 Å². The van der Waals surface area contributed by atoms with Crippen molar-refractivity contribution in [3.8, 4) is 5.75 Å². The molecule has 3 atom stereocenters. The van der Waals surface area contributed by atoms with E-state index in [1.54, 1.807) is 37.4 Å². The lowest BCUT2D eigenvalue weighted by molar-refractivity contribution is 0.381. The molecule has 0 amide bonds. The molecule has 0 spiro atoms. The predicted octanol–water partition coefficient (Wildman–Crippen LogP) is 6.28. The van der Waals surface area contributed by atoms with Gasteiger partial charge in [0.25, 0.3) is 10.0 Å². The maximum absolute atomic E-state index is 13.1. The van der Waals surface area contributed by atoms with Crippen molar-refractivity contribution >= 4 is 33.0 Å². The molecule has 1 aliphatic heterocycles. The van der Waals surface area contributed by atoms with Gasteiger partial charge in [-0.25, -0.2) is 8.42 Å². The lowest BCUT2D eigenvalue weighted by atomic mass is 9.77. The lowest BCUT2D eigenvalue weighted by Crippen LogP contribution is -2.29. The number of sulfonamides is 1. The van der Waals surface area contributed by atoms with Gasteiger partial charge in [0, 0.05) is 22.2 Å². The summed E-state index contributed by atoms with van der Waals surface area (Å²) in [4.78, 5) is 0.231. The highest BCUT2D eigenvalue weighted by Gasteiger charge is 2.39. The number of hydrogen-bond donors (Lipinski definition) is 2. The third-order valence-corrected chi connectivity index (χ3v) is 8.33. The van der Waals surface area contributed by atoms with Crippen LogP contribution in [0.3, 0.4) is 0 Å². The molecule has 0 saturated carbocycles. The highest BCUT2D eigenvalue weighted by atomic mass is 35.5. The number of para-hydroxylation sites is 1. The second-order valence-corrected chi connectivity index (χ2v) is 10.6.